The van der Waals surface area contributed by atoms with Gasteiger partial charge >= 0.3 is 0 Å². The number of aromatic amines is 1. The van der Waals surface area contributed by atoms with Gasteiger partial charge in [0.1, 0.15) is 5.69 Å². The fraction of sp³-hybridized carbons (Fsp3) is 0.333. The molecule has 156 valence electrons. The first-order chi connectivity index (χ1) is 14.3. The minimum atomic E-state index is -0.449. The molecule has 1 amide bonds. The third-order valence-electron chi connectivity index (χ3n) is 5.19. The van der Waals surface area contributed by atoms with Gasteiger partial charge < -0.3 is 20.8 Å². The van der Waals surface area contributed by atoms with E-state index in [0.717, 1.165) is 41.5 Å². The van der Waals surface area contributed by atoms with E-state index in [2.05, 4.69) is 36.3 Å². The molecule has 0 aliphatic heterocycles. The predicted molar refractivity (Wildman–Crippen MR) is 120 cm³/mol. The van der Waals surface area contributed by atoms with Gasteiger partial charge in [-0.05, 0) is 65.8 Å². The number of aromatic nitrogens is 1. The second-order valence-corrected chi connectivity index (χ2v) is 8.38. The van der Waals surface area contributed by atoms with E-state index in [1.807, 2.05) is 30.3 Å². The van der Waals surface area contributed by atoms with Crippen LogP contribution in [-0.4, -0.2) is 31.2 Å². The van der Waals surface area contributed by atoms with E-state index in [9.17, 15) is 4.79 Å². The lowest BCUT2D eigenvalue weighted by Gasteiger charge is -2.14. The summed E-state index contributed by atoms with van der Waals surface area (Å²) in [6.07, 6.45) is 2.26. The summed E-state index contributed by atoms with van der Waals surface area (Å²) >= 11 is 0. The first-order valence-electron chi connectivity index (χ1n) is 9.98. The molecule has 4 rings (SSSR count). The number of ether oxygens (including phenoxy) is 1. The highest BCUT2D eigenvalue weighted by atomic mass is 16.5. The number of primary amides is 1. The lowest BCUT2D eigenvalue weighted by Crippen LogP contribution is -2.10. The molecule has 4 N–H and O–H groups in total. The molecule has 6 heteroatoms. The van der Waals surface area contributed by atoms with Gasteiger partial charge in [0.15, 0.2) is 0 Å². The van der Waals surface area contributed by atoms with Gasteiger partial charge in [0, 0.05) is 30.2 Å². The standard InChI is InChI=1S/C12H15N3O2.C12H13N/c1-17-5-4-14-9-2-3-10-8(6-9)7-11(15-10)12(13)16;1-12(2)6-10-4-3-9(8-13)5-11(10)7-12/h2-3,6-7,14-15H,4-5H2,1H3,(H2,13,16);3-5H,6-7H2,1-2H3. The molecular weight excluding hydrogens is 376 g/mol. The molecule has 1 aliphatic carbocycles. The molecule has 2 aromatic carbocycles. The van der Waals surface area contributed by atoms with Crippen LogP contribution in [0.5, 0.6) is 0 Å². The van der Waals surface area contributed by atoms with Gasteiger partial charge in [-0.25, -0.2) is 0 Å². The molecule has 0 spiro atoms. The molecule has 0 saturated carbocycles. The average Bonchev–Trinajstić information content (AvgIpc) is 3.26. The van der Waals surface area contributed by atoms with Gasteiger partial charge in [-0.15, -0.1) is 0 Å². The lowest BCUT2D eigenvalue weighted by molar-refractivity contribution is 0.0996. The Labute approximate surface area is 177 Å². The SMILES string of the molecule is CC1(C)Cc2ccc(C#N)cc2C1.COCCNc1ccc2[nH]c(C(N)=O)cc2c1. The maximum atomic E-state index is 11.0. The minimum Gasteiger partial charge on any atom is -0.383 e. The molecule has 1 aliphatic rings. The van der Waals surface area contributed by atoms with Crippen molar-refractivity contribution in [3.05, 3.63) is 64.8 Å². The lowest BCUT2D eigenvalue weighted by atomic mass is 9.90. The van der Waals surface area contributed by atoms with E-state index in [1.165, 1.54) is 11.1 Å². The number of nitrogens with two attached hydrogens (primary N) is 1. The normalized spacial score (nSPS) is 13.8. The van der Waals surface area contributed by atoms with E-state index in [1.54, 1.807) is 13.2 Å². The van der Waals surface area contributed by atoms with Crippen LogP contribution in [0, 0.1) is 16.7 Å². The first kappa shape index (κ1) is 21.4. The number of methoxy groups -OCH3 is 1. The molecule has 6 nitrogen and oxygen atoms in total. The van der Waals surface area contributed by atoms with Crippen molar-refractivity contribution in [3.8, 4) is 6.07 Å². The Morgan fingerprint density at radius 3 is 2.67 bits per heavy atom. The Bertz CT molecular complexity index is 1090. The first-order valence-corrected chi connectivity index (χ1v) is 9.98. The van der Waals surface area contributed by atoms with Gasteiger partial charge in [0.05, 0.1) is 18.2 Å². The molecular formula is C24H28N4O2. The van der Waals surface area contributed by atoms with Crippen molar-refractivity contribution in [2.45, 2.75) is 26.7 Å². The number of benzene rings is 2. The Hall–Kier alpha value is -3.30. The van der Waals surface area contributed by atoms with Crippen molar-refractivity contribution in [2.24, 2.45) is 11.1 Å². The van der Waals surface area contributed by atoms with Gasteiger partial charge in [-0.2, -0.15) is 5.26 Å². The van der Waals surface area contributed by atoms with Crippen molar-refractivity contribution >= 4 is 22.5 Å². The van der Waals surface area contributed by atoms with Crippen LogP contribution in [-0.2, 0) is 17.6 Å². The molecule has 0 radical (unpaired) electrons. The zero-order valence-electron chi connectivity index (χ0n) is 17.7. The smallest absolute Gasteiger partial charge is 0.265 e. The summed E-state index contributed by atoms with van der Waals surface area (Å²) in [4.78, 5) is 14.0. The van der Waals surface area contributed by atoms with Crippen LogP contribution in [0.15, 0.2) is 42.5 Å². The number of nitriles is 1. The van der Waals surface area contributed by atoms with E-state index >= 15 is 0 Å². The van der Waals surface area contributed by atoms with E-state index < -0.39 is 5.91 Å². The number of nitrogens with zero attached hydrogens (tertiary/aromatic N) is 1. The summed E-state index contributed by atoms with van der Waals surface area (Å²) < 4.78 is 4.96. The highest BCUT2D eigenvalue weighted by Crippen LogP contribution is 2.36. The highest BCUT2D eigenvalue weighted by molar-refractivity contribution is 5.97. The molecule has 0 atom stereocenters. The number of hydrogen-bond donors (Lipinski definition) is 3. The van der Waals surface area contributed by atoms with Crippen molar-refractivity contribution < 1.29 is 9.53 Å². The summed E-state index contributed by atoms with van der Waals surface area (Å²) in [5, 5.41) is 12.9. The Balaban J connectivity index is 0.000000177. The maximum absolute atomic E-state index is 11.0. The number of H-pyrrole nitrogens is 1. The molecule has 30 heavy (non-hydrogen) atoms. The zero-order chi connectivity index (χ0) is 21.7. The summed E-state index contributed by atoms with van der Waals surface area (Å²) in [6.45, 7) is 5.95. The zero-order valence-corrected chi connectivity index (χ0v) is 17.7. The van der Waals surface area contributed by atoms with Gasteiger partial charge in [-0.1, -0.05) is 19.9 Å². The largest absolute Gasteiger partial charge is 0.383 e. The van der Waals surface area contributed by atoms with Gasteiger partial charge in [0.2, 0.25) is 0 Å². The van der Waals surface area contributed by atoms with E-state index in [-0.39, 0.29) is 0 Å². The van der Waals surface area contributed by atoms with Crippen LogP contribution in [0.2, 0.25) is 0 Å². The number of nitrogens with one attached hydrogen (secondary N) is 2. The van der Waals surface area contributed by atoms with Crippen LogP contribution in [0.1, 0.15) is 41.0 Å². The van der Waals surface area contributed by atoms with Crippen LogP contribution >= 0.6 is 0 Å². The molecule has 0 saturated heterocycles. The van der Waals surface area contributed by atoms with Crippen molar-refractivity contribution in [3.63, 3.8) is 0 Å². The third kappa shape index (κ3) is 5.19. The number of fused-ring (bicyclic) bond motifs is 2. The Morgan fingerprint density at radius 2 is 1.97 bits per heavy atom. The number of rotatable bonds is 5. The number of amides is 1. The summed E-state index contributed by atoms with van der Waals surface area (Å²) in [5.74, 6) is -0.449. The van der Waals surface area contributed by atoms with Crippen molar-refractivity contribution in [2.75, 3.05) is 25.6 Å². The topological polar surface area (TPSA) is 104 Å². The van der Waals surface area contributed by atoms with Crippen LogP contribution in [0.3, 0.4) is 0 Å². The molecule has 1 aromatic heterocycles. The Morgan fingerprint density at radius 1 is 1.20 bits per heavy atom. The second kappa shape index (κ2) is 9.02. The summed E-state index contributed by atoms with van der Waals surface area (Å²) in [5.41, 5.74) is 11.5. The van der Waals surface area contributed by atoms with Crippen LogP contribution in [0.25, 0.3) is 10.9 Å². The fourth-order valence-electron chi connectivity index (χ4n) is 3.80. The maximum Gasteiger partial charge on any atom is 0.265 e. The number of anilines is 1. The number of hydrogen-bond acceptors (Lipinski definition) is 4. The fourth-order valence-corrected chi connectivity index (χ4v) is 3.80. The predicted octanol–water partition coefficient (Wildman–Crippen LogP) is 4.01. The van der Waals surface area contributed by atoms with Crippen molar-refractivity contribution in [1.29, 1.82) is 5.26 Å². The summed E-state index contributed by atoms with van der Waals surface area (Å²) in [7, 11) is 1.66. The quantitative estimate of drug-likeness (QED) is 0.559. The summed E-state index contributed by atoms with van der Waals surface area (Å²) in [6, 6.07) is 15.8. The van der Waals surface area contributed by atoms with E-state index in [0.29, 0.717) is 17.7 Å². The average molecular weight is 405 g/mol. The van der Waals surface area contributed by atoms with Gasteiger partial charge in [0.25, 0.3) is 5.91 Å². The van der Waals surface area contributed by atoms with Crippen LogP contribution < -0.4 is 11.1 Å². The number of carbonyl (C=O) groups is 1. The molecule has 1 heterocycles. The van der Waals surface area contributed by atoms with Crippen molar-refractivity contribution in [1.82, 2.24) is 4.98 Å². The highest BCUT2D eigenvalue weighted by Gasteiger charge is 2.27. The molecule has 0 bridgehead atoms. The van der Waals surface area contributed by atoms with E-state index in [4.69, 9.17) is 15.7 Å². The molecule has 0 unspecified atom stereocenters. The monoisotopic (exact) mass is 404 g/mol. The third-order valence-corrected chi connectivity index (χ3v) is 5.19. The Kier molecular flexibility index (Phi) is 6.43. The number of carbonyl (C=O) groups excluding carboxylic acids is 1. The molecule has 0 fully saturated rings. The van der Waals surface area contributed by atoms with Gasteiger partial charge in [-0.3, -0.25) is 4.79 Å². The molecule has 3 aromatic rings. The minimum absolute atomic E-state index is 0.385. The van der Waals surface area contributed by atoms with Crippen LogP contribution in [0.4, 0.5) is 5.69 Å². The second-order valence-electron chi connectivity index (χ2n) is 8.38.